The minimum atomic E-state index is -0.864. The van der Waals surface area contributed by atoms with Crippen molar-refractivity contribution in [2.45, 2.75) is 58.3 Å². The van der Waals surface area contributed by atoms with Gasteiger partial charge in [-0.3, -0.25) is 4.79 Å². The lowest BCUT2D eigenvalue weighted by molar-refractivity contribution is -0.133. The number of fused-ring (bicyclic) bond motifs is 3. The number of benzene rings is 2. The molecule has 2 aromatic rings. The first-order chi connectivity index (χ1) is 15.2. The van der Waals surface area contributed by atoms with Gasteiger partial charge in [0, 0.05) is 12.5 Å². The second kappa shape index (κ2) is 10.3. The molecule has 0 spiro atoms. The first-order valence-electron chi connectivity index (χ1n) is 11.1. The molecule has 0 aromatic heterocycles. The van der Waals surface area contributed by atoms with Crippen molar-refractivity contribution in [3.8, 4) is 11.1 Å². The van der Waals surface area contributed by atoms with E-state index in [2.05, 4.69) is 29.6 Å². The zero-order valence-corrected chi connectivity index (χ0v) is 19.5. The highest BCUT2D eigenvalue weighted by Gasteiger charge is 2.32. The molecule has 0 saturated carbocycles. The molecular formula is C26H33NO5. The minimum Gasteiger partial charge on any atom is -0.449 e. The fourth-order valence-electron chi connectivity index (χ4n) is 4.14. The fourth-order valence-corrected chi connectivity index (χ4v) is 4.14. The van der Waals surface area contributed by atoms with Crippen LogP contribution in [-0.4, -0.2) is 49.4 Å². The summed E-state index contributed by atoms with van der Waals surface area (Å²) in [7, 11) is 0. The lowest BCUT2D eigenvalue weighted by atomic mass is 9.98. The number of hydrogen-bond donors (Lipinski definition) is 1. The van der Waals surface area contributed by atoms with Gasteiger partial charge in [-0.15, -0.1) is 0 Å². The van der Waals surface area contributed by atoms with Crippen LogP contribution in [0.25, 0.3) is 11.1 Å². The molecule has 6 nitrogen and oxygen atoms in total. The van der Waals surface area contributed by atoms with Gasteiger partial charge in [0.15, 0.2) is 5.78 Å². The summed E-state index contributed by atoms with van der Waals surface area (Å²) in [4.78, 5) is 25.4. The summed E-state index contributed by atoms with van der Waals surface area (Å²) >= 11 is 0. The van der Waals surface area contributed by atoms with E-state index in [0.717, 1.165) is 22.3 Å². The van der Waals surface area contributed by atoms with E-state index < -0.39 is 23.8 Å². The molecule has 1 aliphatic carbocycles. The standard InChI is InChI=1S/C26H33NO5/c1-6-30-16-23(28)24(17(2)32-26(3,4)5)27-25(29)31-15-22-20-13-9-7-11-18(20)19-12-8-10-14-21(19)22/h7-14,17,22,24H,6,15-16H2,1-5H3,(H,27,29)/t17-,24+/m1/s1. The summed E-state index contributed by atoms with van der Waals surface area (Å²) in [5.41, 5.74) is 4.12. The molecule has 1 amide bonds. The van der Waals surface area contributed by atoms with E-state index in [1.165, 1.54) is 0 Å². The van der Waals surface area contributed by atoms with Crippen LogP contribution >= 0.6 is 0 Å². The van der Waals surface area contributed by atoms with Gasteiger partial charge in [0.2, 0.25) is 0 Å². The van der Waals surface area contributed by atoms with Crippen molar-refractivity contribution in [1.29, 1.82) is 0 Å². The molecule has 1 N–H and O–H groups in total. The van der Waals surface area contributed by atoms with Gasteiger partial charge in [0.25, 0.3) is 0 Å². The highest BCUT2D eigenvalue weighted by atomic mass is 16.6. The first-order valence-corrected chi connectivity index (χ1v) is 11.1. The van der Waals surface area contributed by atoms with Gasteiger partial charge in [-0.1, -0.05) is 48.5 Å². The Morgan fingerprint density at radius 2 is 1.56 bits per heavy atom. The Morgan fingerprint density at radius 3 is 2.09 bits per heavy atom. The second-order valence-electron chi connectivity index (χ2n) is 8.99. The second-order valence-corrected chi connectivity index (χ2v) is 8.99. The smallest absolute Gasteiger partial charge is 0.407 e. The minimum absolute atomic E-state index is 0.0472. The third kappa shape index (κ3) is 5.75. The third-order valence-electron chi connectivity index (χ3n) is 5.42. The molecule has 0 aliphatic heterocycles. The van der Waals surface area contributed by atoms with Crippen molar-refractivity contribution in [3.05, 3.63) is 59.7 Å². The summed E-state index contributed by atoms with van der Waals surface area (Å²) in [5, 5.41) is 2.70. The first kappa shape index (κ1) is 24.0. The molecule has 0 unspecified atom stereocenters. The van der Waals surface area contributed by atoms with Crippen LogP contribution in [0, 0.1) is 0 Å². The highest BCUT2D eigenvalue weighted by molar-refractivity contribution is 5.89. The van der Waals surface area contributed by atoms with Gasteiger partial charge in [-0.2, -0.15) is 0 Å². The number of nitrogens with one attached hydrogen (secondary N) is 1. The summed E-state index contributed by atoms with van der Waals surface area (Å²) in [5.74, 6) is -0.300. The van der Waals surface area contributed by atoms with Crippen molar-refractivity contribution in [3.63, 3.8) is 0 Å². The Hall–Kier alpha value is -2.70. The predicted octanol–water partition coefficient (Wildman–Crippen LogP) is 4.70. The van der Waals surface area contributed by atoms with Gasteiger partial charge in [0.1, 0.15) is 19.3 Å². The molecule has 0 fully saturated rings. The SMILES string of the molecule is CCOCC(=O)[C@@H](NC(=O)OCC1c2ccccc2-c2ccccc21)[C@@H](C)OC(C)(C)C. The van der Waals surface area contributed by atoms with Crippen molar-refractivity contribution < 1.29 is 23.8 Å². The zero-order valence-electron chi connectivity index (χ0n) is 19.5. The fraction of sp³-hybridized carbons (Fsp3) is 0.462. The molecule has 1 aliphatic rings. The number of carbonyl (C=O) groups is 2. The van der Waals surface area contributed by atoms with Crippen molar-refractivity contribution in [1.82, 2.24) is 5.32 Å². The van der Waals surface area contributed by atoms with Gasteiger partial charge >= 0.3 is 6.09 Å². The molecule has 172 valence electrons. The number of alkyl carbamates (subject to hydrolysis) is 1. The van der Waals surface area contributed by atoms with E-state index in [4.69, 9.17) is 14.2 Å². The van der Waals surface area contributed by atoms with E-state index in [9.17, 15) is 9.59 Å². The van der Waals surface area contributed by atoms with E-state index in [1.54, 1.807) is 6.92 Å². The van der Waals surface area contributed by atoms with Crippen LogP contribution in [0.15, 0.2) is 48.5 Å². The van der Waals surface area contributed by atoms with E-state index in [1.807, 2.05) is 52.0 Å². The number of rotatable bonds is 9. The maximum atomic E-state index is 12.7. The molecular weight excluding hydrogens is 406 g/mol. The van der Waals surface area contributed by atoms with Crippen LogP contribution < -0.4 is 5.32 Å². The summed E-state index contributed by atoms with van der Waals surface area (Å²) in [6, 6.07) is 15.4. The van der Waals surface area contributed by atoms with Crippen LogP contribution in [-0.2, 0) is 19.0 Å². The zero-order chi connectivity index (χ0) is 23.3. The van der Waals surface area contributed by atoms with E-state index in [0.29, 0.717) is 6.61 Å². The van der Waals surface area contributed by atoms with Gasteiger partial charge < -0.3 is 19.5 Å². The highest BCUT2D eigenvalue weighted by Crippen LogP contribution is 2.44. The summed E-state index contributed by atoms with van der Waals surface area (Å²) < 4.78 is 16.8. The lowest BCUT2D eigenvalue weighted by Gasteiger charge is -2.30. The van der Waals surface area contributed by atoms with E-state index >= 15 is 0 Å². The lowest BCUT2D eigenvalue weighted by Crippen LogP contribution is -2.51. The van der Waals surface area contributed by atoms with Crippen LogP contribution in [0.1, 0.15) is 51.7 Å². The maximum Gasteiger partial charge on any atom is 0.407 e. The molecule has 2 aromatic carbocycles. The number of ether oxygens (including phenoxy) is 3. The Balaban J connectivity index is 1.69. The summed E-state index contributed by atoms with van der Waals surface area (Å²) in [6.45, 7) is 9.80. The van der Waals surface area contributed by atoms with Gasteiger partial charge in [-0.05, 0) is 56.9 Å². The summed E-state index contributed by atoms with van der Waals surface area (Å²) in [6.07, 6.45) is -1.19. The van der Waals surface area contributed by atoms with Gasteiger partial charge in [-0.25, -0.2) is 4.79 Å². The van der Waals surface area contributed by atoms with Crippen LogP contribution in [0.3, 0.4) is 0 Å². The van der Waals surface area contributed by atoms with Crippen LogP contribution in [0.4, 0.5) is 4.79 Å². The van der Waals surface area contributed by atoms with Crippen molar-refractivity contribution in [2.75, 3.05) is 19.8 Å². The molecule has 0 saturated heterocycles. The van der Waals surface area contributed by atoms with Crippen molar-refractivity contribution in [2.24, 2.45) is 0 Å². The third-order valence-corrected chi connectivity index (χ3v) is 5.42. The molecule has 3 rings (SSSR count). The molecule has 0 radical (unpaired) electrons. The van der Waals surface area contributed by atoms with Crippen LogP contribution in [0.2, 0.25) is 0 Å². The Labute approximate surface area is 190 Å². The number of hydrogen-bond acceptors (Lipinski definition) is 5. The average Bonchev–Trinajstić information content (AvgIpc) is 3.07. The Bertz CT molecular complexity index is 904. The number of amides is 1. The Morgan fingerprint density at radius 1 is 1.00 bits per heavy atom. The normalized spacial score (nSPS) is 14.9. The molecule has 2 atom stereocenters. The number of ketones is 1. The number of Topliss-reactive ketones (excluding diaryl/α,β-unsaturated/α-hetero) is 1. The van der Waals surface area contributed by atoms with E-state index in [-0.39, 0.29) is 24.9 Å². The topological polar surface area (TPSA) is 73.9 Å². The molecule has 32 heavy (non-hydrogen) atoms. The molecule has 0 bridgehead atoms. The largest absolute Gasteiger partial charge is 0.449 e. The molecule has 0 heterocycles. The monoisotopic (exact) mass is 439 g/mol. The maximum absolute atomic E-state index is 12.7. The Kier molecular flexibility index (Phi) is 7.69. The van der Waals surface area contributed by atoms with Crippen LogP contribution in [0.5, 0.6) is 0 Å². The molecule has 6 heteroatoms. The number of carbonyl (C=O) groups excluding carboxylic acids is 2. The van der Waals surface area contributed by atoms with Crippen molar-refractivity contribution >= 4 is 11.9 Å². The quantitative estimate of drug-likeness (QED) is 0.613. The van der Waals surface area contributed by atoms with Gasteiger partial charge in [0.05, 0.1) is 11.7 Å². The average molecular weight is 440 g/mol. The predicted molar refractivity (Wildman–Crippen MR) is 124 cm³/mol.